The minimum absolute atomic E-state index is 0.242. The summed E-state index contributed by atoms with van der Waals surface area (Å²) in [6.07, 6.45) is 1.73. The number of carboxylic acid groups (broad SMARTS) is 1. The van der Waals surface area contributed by atoms with Crippen LogP contribution in [-0.2, 0) is 16.1 Å². The second-order valence-electron chi connectivity index (χ2n) is 7.72. The highest BCUT2D eigenvalue weighted by Gasteiger charge is 2.24. The Labute approximate surface area is 171 Å². The third-order valence-electron chi connectivity index (χ3n) is 5.74. The molecule has 1 heterocycles. The van der Waals surface area contributed by atoms with Gasteiger partial charge in [-0.2, -0.15) is 0 Å². The number of carbonyl (C=O) groups is 1. The SMILES string of the molecule is O=C(O)C1CCCN(CCOCc2ccc3ccccc3c2-c2ccccc2)C1. The van der Waals surface area contributed by atoms with Crippen LogP contribution in [0, 0.1) is 5.92 Å². The number of nitrogens with zero attached hydrogens (tertiary/aromatic N) is 1. The number of piperidine rings is 1. The molecule has 1 N–H and O–H groups in total. The fourth-order valence-corrected chi connectivity index (χ4v) is 4.22. The predicted octanol–water partition coefficient (Wildman–Crippen LogP) is 4.82. The van der Waals surface area contributed by atoms with Crippen LogP contribution < -0.4 is 0 Å². The van der Waals surface area contributed by atoms with E-state index in [9.17, 15) is 9.90 Å². The lowest BCUT2D eigenvalue weighted by Crippen LogP contribution is -2.40. The summed E-state index contributed by atoms with van der Waals surface area (Å²) in [5.74, 6) is -0.923. The Bertz CT molecular complexity index is 970. The van der Waals surface area contributed by atoms with Gasteiger partial charge in [0.2, 0.25) is 0 Å². The van der Waals surface area contributed by atoms with Crippen molar-refractivity contribution < 1.29 is 14.6 Å². The number of benzene rings is 3. The van der Waals surface area contributed by atoms with Crippen LogP contribution in [0.2, 0.25) is 0 Å². The molecule has 1 fully saturated rings. The first-order valence-corrected chi connectivity index (χ1v) is 10.3. The van der Waals surface area contributed by atoms with Gasteiger partial charge in [-0.25, -0.2) is 0 Å². The summed E-state index contributed by atoms with van der Waals surface area (Å²) in [6.45, 7) is 3.51. The third-order valence-corrected chi connectivity index (χ3v) is 5.74. The van der Waals surface area contributed by atoms with Crippen molar-refractivity contribution in [3.05, 3.63) is 72.3 Å². The fourth-order valence-electron chi connectivity index (χ4n) is 4.22. The molecule has 4 rings (SSSR count). The minimum atomic E-state index is -0.681. The molecule has 29 heavy (non-hydrogen) atoms. The summed E-state index contributed by atoms with van der Waals surface area (Å²) >= 11 is 0. The van der Waals surface area contributed by atoms with Gasteiger partial charge in [0, 0.05) is 13.1 Å². The molecule has 1 aliphatic rings. The Morgan fingerprint density at radius 1 is 1.03 bits per heavy atom. The van der Waals surface area contributed by atoms with E-state index in [-0.39, 0.29) is 5.92 Å². The van der Waals surface area contributed by atoms with E-state index in [0.717, 1.165) is 25.9 Å². The monoisotopic (exact) mass is 389 g/mol. The van der Waals surface area contributed by atoms with Crippen molar-refractivity contribution in [2.75, 3.05) is 26.2 Å². The molecule has 0 saturated carbocycles. The van der Waals surface area contributed by atoms with Crippen molar-refractivity contribution in [3.8, 4) is 11.1 Å². The largest absolute Gasteiger partial charge is 0.481 e. The van der Waals surface area contributed by atoms with Crippen LogP contribution in [0.15, 0.2) is 66.7 Å². The quantitative estimate of drug-likeness (QED) is 0.589. The number of rotatable bonds is 7. The second-order valence-corrected chi connectivity index (χ2v) is 7.72. The third kappa shape index (κ3) is 4.66. The molecule has 1 unspecified atom stereocenters. The van der Waals surface area contributed by atoms with Gasteiger partial charge in [-0.3, -0.25) is 4.79 Å². The topological polar surface area (TPSA) is 49.8 Å². The van der Waals surface area contributed by atoms with Crippen LogP contribution in [-0.4, -0.2) is 42.2 Å². The summed E-state index contributed by atoms with van der Waals surface area (Å²) in [7, 11) is 0. The van der Waals surface area contributed by atoms with E-state index in [0.29, 0.717) is 19.8 Å². The molecule has 1 atom stereocenters. The lowest BCUT2D eigenvalue weighted by Gasteiger charge is -2.30. The van der Waals surface area contributed by atoms with Crippen molar-refractivity contribution in [2.45, 2.75) is 19.4 Å². The molecule has 1 saturated heterocycles. The van der Waals surface area contributed by atoms with E-state index >= 15 is 0 Å². The van der Waals surface area contributed by atoms with Gasteiger partial charge in [0.25, 0.3) is 0 Å². The van der Waals surface area contributed by atoms with Crippen molar-refractivity contribution in [1.29, 1.82) is 0 Å². The highest BCUT2D eigenvalue weighted by molar-refractivity contribution is 5.98. The highest BCUT2D eigenvalue weighted by Crippen LogP contribution is 2.32. The molecular formula is C25H27NO3. The van der Waals surface area contributed by atoms with Crippen LogP contribution in [0.25, 0.3) is 21.9 Å². The normalized spacial score (nSPS) is 17.4. The molecule has 1 aliphatic heterocycles. The number of hydrogen-bond acceptors (Lipinski definition) is 3. The van der Waals surface area contributed by atoms with Crippen molar-refractivity contribution in [1.82, 2.24) is 4.90 Å². The zero-order valence-electron chi connectivity index (χ0n) is 16.6. The second kappa shape index (κ2) is 9.21. The van der Waals surface area contributed by atoms with Crippen molar-refractivity contribution in [2.24, 2.45) is 5.92 Å². The number of likely N-dealkylation sites (tertiary alicyclic amines) is 1. The first kappa shape index (κ1) is 19.6. The first-order valence-electron chi connectivity index (χ1n) is 10.3. The number of fused-ring (bicyclic) bond motifs is 1. The van der Waals surface area contributed by atoms with E-state index in [2.05, 4.69) is 65.6 Å². The van der Waals surface area contributed by atoms with Gasteiger partial charge in [-0.05, 0) is 46.8 Å². The molecule has 0 radical (unpaired) electrons. The average molecular weight is 389 g/mol. The summed E-state index contributed by atoms with van der Waals surface area (Å²) in [5.41, 5.74) is 3.60. The summed E-state index contributed by atoms with van der Waals surface area (Å²) in [4.78, 5) is 13.4. The van der Waals surface area contributed by atoms with Gasteiger partial charge < -0.3 is 14.7 Å². The molecule has 0 aromatic heterocycles. The van der Waals surface area contributed by atoms with Gasteiger partial charge >= 0.3 is 5.97 Å². The lowest BCUT2D eigenvalue weighted by atomic mass is 9.93. The minimum Gasteiger partial charge on any atom is -0.481 e. The van der Waals surface area contributed by atoms with E-state index in [4.69, 9.17) is 4.74 Å². The Balaban J connectivity index is 1.45. The smallest absolute Gasteiger partial charge is 0.307 e. The van der Waals surface area contributed by atoms with Gasteiger partial charge in [0.1, 0.15) is 0 Å². The summed E-state index contributed by atoms with van der Waals surface area (Å²) < 4.78 is 6.04. The molecule has 3 aromatic rings. The van der Waals surface area contributed by atoms with Gasteiger partial charge in [0.15, 0.2) is 0 Å². The maximum absolute atomic E-state index is 11.2. The van der Waals surface area contributed by atoms with Gasteiger partial charge in [0.05, 0.1) is 19.1 Å². The number of hydrogen-bond donors (Lipinski definition) is 1. The van der Waals surface area contributed by atoms with Crippen LogP contribution in [0.4, 0.5) is 0 Å². The van der Waals surface area contributed by atoms with E-state index in [1.54, 1.807) is 0 Å². The molecule has 0 amide bonds. The summed E-state index contributed by atoms with van der Waals surface area (Å²) in [5, 5.41) is 11.7. The van der Waals surface area contributed by atoms with Crippen molar-refractivity contribution in [3.63, 3.8) is 0 Å². The van der Waals surface area contributed by atoms with Crippen LogP contribution >= 0.6 is 0 Å². The lowest BCUT2D eigenvalue weighted by molar-refractivity contribution is -0.143. The number of aliphatic carboxylic acids is 1. The average Bonchev–Trinajstić information content (AvgIpc) is 2.77. The molecule has 0 spiro atoms. The van der Waals surface area contributed by atoms with E-state index < -0.39 is 5.97 Å². The number of ether oxygens (including phenoxy) is 1. The van der Waals surface area contributed by atoms with E-state index in [1.807, 2.05) is 6.07 Å². The molecule has 0 bridgehead atoms. The zero-order chi connectivity index (χ0) is 20.1. The zero-order valence-corrected chi connectivity index (χ0v) is 16.6. The van der Waals surface area contributed by atoms with Crippen LogP contribution in [0.5, 0.6) is 0 Å². The van der Waals surface area contributed by atoms with Gasteiger partial charge in [-0.15, -0.1) is 0 Å². The Kier molecular flexibility index (Phi) is 6.23. The Morgan fingerprint density at radius 3 is 2.66 bits per heavy atom. The maximum atomic E-state index is 11.2. The first-order chi connectivity index (χ1) is 14.2. The van der Waals surface area contributed by atoms with Gasteiger partial charge in [-0.1, -0.05) is 66.7 Å². The van der Waals surface area contributed by atoms with Crippen LogP contribution in [0.3, 0.4) is 0 Å². The van der Waals surface area contributed by atoms with E-state index in [1.165, 1.54) is 27.5 Å². The molecule has 0 aliphatic carbocycles. The maximum Gasteiger partial charge on any atom is 0.307 e. The summed E-state index contributed by atoms with van der Waals surface area (Å²) in [6, 6.07) is 23.2. The molecular weight excluding hydrogens is 362 g/mol. The Morgan fingerprint density at radius 2 is 1.83 bits per heavy atom. The standard InChI is InChI=1S/C25H27NO3/c27-25(28)21-10-6-14-26(17-21)15-16-29-18-22-13-12-19-7-4-5-11-23(19)24(22)20-8-2-1-3-9-20/h1-5,7-9,11-13,21H,6,10,14-18H2,(H,27,28). The molecule has 150 valence electrons. The molecule has 4 heteroatoms. The fraction of sp³-hybridized carbons (Fsp3) is 0.320. The van der Waals surface area contributed by atoms with Crippen LogP contribution in [0.1, 0.15) is 18.4 Å². The number of carboxylic acids is 1. The highest BCUT2D eigenvalue weighted by atomic mass is 16.5. The predicted molar refractivity (Wildman–Crippen MR) is 116 cm³/mol. The molecule has 3 aromatic carbocycles. The van der Waals surface area contributed by atoms with Crippen molar-refractivity contribution >= 4 is 16.7 Å². The molecule has 4 nitrogen and oxygen atoms in total. The Hall–Kier alpha value is -2.69.